The van der Waals surface area contributed by atoms with E-state index in [4.69, 9.17) is 14.2 Å². The van der Waals surface area contributed by atoms with E-state index in [0.29, 0.717) is 49.8 Å². The van der Waals surface area contributed by atoms with Crippen molar-refractivity contribution in [3.63, 3.8) is 0 Å². The molecule has 1 aromatic carbocycles. The maximum atomic E-state index is 9.92. The van der Waals surface area contributed by atoms with Crippen molar-refractivity contribution in [2.24, 2.45) is 23.2 Å². The molecule has 0 aliphatic heterocycles. The number of aliphatic hydroxyl groups is 1. The SMILES string of the molecule is C=C(OCC(C)CCC(C)COC(C)(C)C(C)(C)C(=C)c1ccc(C(=C)OCCC(C)(C)O)cc1)C1=CC=C(C(=C)C(C)C)CC1. The van der Waals surface area contributed by atoms with Gasteiger partial charge in [-0.05, 0) is 99.0 Å². The minimum Gasteiger partial charge on any atom is -0.494 e. The van der Waals surface area contributed by atoms with Gasteiger partial charge in [-0.15, -0.1) is 0 Å². The molecule has 0 spiro atoms. The highest BCUT2D eigenvalue weighted by Gasteiger charge is 2.41. The Morgan fingerprint density at radius 1 is 0.739 bits per heavy atom. The van der Waals surface area contributed by atoms with Crippen LogP contribution in [0.4, 0.5) is 0 Å². The van der Waals surface area contributed by atoms with Crippen LogP contribution in [0.3, 0.4) is 0 Å². The van der Waals surface area contributed by atoms with Crippen molar-refractivity contribution < 1.29 is 19.3 Å². The monoisotopic (exact) mass is 632 g/mol. The second kappa shape index (κ2) is 16.8. The van der Waals surface area contributed by atoms with Crippen LogP contribution in [0.5, 0.6) is 0 Å². The quantitative estimate of drug-likeness (QED) is 0.145. The van der Waals surface area contributed by atoms with E-state index in [1.807, 2.05) is 12.1 Å². The Balaban J connectivity index is 1.82. The van der Waals surface area contributed by atoms with Crippen LogP contribution in [-0.2, 0) is 14.2 Å². The molecule has 1 aliphatic rings. The Morgan fingerprint density at radius 3 is 1.78 bits per heavy atom. The van der Waals surface area contributed by atoms with Gasteiger partial charge in [0.25, 0.3) is 0 Å². The fourth-order valence-corrected chi connectivity index (χ4v) is 5.20. The third kappa shape index (κ3) is 11.8. The molecule has 1 aromatic rings. The summed E-state index contributed by atoms with van der Waals surface area (Å²) in [6, 6.07) is 8.18. The zero-order chi connectivity index (χ0) is 34.9. The van der Waals surface area contributed by atoms with Crippen LogP contribution in [0.2, 0.25) is 0 Å². The van der Waals surface area contributed by atoms with Gasteiger partial charge < -0.3 is 19.3 Å². The van der Waals surface area contributed by atoms with Gasteiger partial charge in [-0.25, -0.2) is 0 Å². The zero-order valence-electron chi connectivity index (χ0n) is 30.9. The predicted molar refractivity (Wildman–Crippen MR) is 197 cm³/mol. The molecule has 2 rings (SSSR count). The Labute approximate surface area is 282 Å². The number of hydrogen-bond donors (Lipinski definition) is 1. The van der Waals surface area contributed by atoms with Crippen LogP contribution in [0.1, 0.15) is 112 Å². The van der Waals surface area contributed by atoms with E-state index in [1.165, 1.54) is 16.7 Å². The molecule has 0 aromatic heterocycles. The zero-order valence-corrected chi connectivity index (χ0v) is 30.9. The highest BCUT2D eigenvalue weighted by atomic mass is 16.5. The summed E-state index contributed by atoms with van der Waals surface area (Å²) in [5, 5.41) is 9.92. The Morgan fingerprint density at radius 2 is 1.26 bits per heavy atom. The highest BCUT2D eigenvalue weighted by Crippen LogP contribution is 2.44. The normalized spacial score (nSPS) is 15.5. The second-order valence-electron chi connectivity index (χ2n) is 15.4. The number of allylic oxidation sites excluding steroid dienone is 5. The van der Waals surface area contributed by atoms with Gasteiger partial charge in [0, 0.05) is 24.0 Å². The van der Waals surface area contributed by atoms with Gasteiger partial charge in [0.05, 0.1) is 24.4 Å². The highest BCUT2D eigenvalue weighted by molar-refractivity contribution is 5.70. The lowest BCUT2D eigenvalue weighted by atomic mass is 9.69. The predicted octanol–water partition coefficient (Wildman–Crippen LogP) is 11.1. The number of rotatable bonds is 20. The van der Waals surface area contributed by atoms with Gasteiger partial charge in [0.1, 0.15) is 11.5 Å². The van der Waals surface area contributed by atoms with Gasteiger partial charge in [-0.2, -0.15) is 0 Å². The van der Waals surface area contributed by atoms with Crippen LogP contribution >= 0.6 is 0 Å². The minimum atomic E-state index is -0.761. The van der Waals surface area contributed by atoms with Gasteiger partial charge in [0.2, 0.25) is 0 Å². The molecule has 4 nitrogen and oxygen atoms in total. The molecule has 0 saturated heterocycles. The van der Waals surface area contributed by atoms with Crippen LogP contribution < -0.4 is 0 Å². The molecule has 0 bridgehead atoms. The summed E-state index contributed by atoms with van der Waals surface area (Å²) in [5.74, 6) is 2.73. The summed E-state index contributed by atoms with van der Waals surface area (Å²) >= 11 is 0. The fraction of sp³-hybridized carbons (Fsp3) is 0.571. The number of ether oxygens (including phenoxy) is 3. The molecular formula is C42H64O4. The maximum Gasteiger partial charge on any atom is 0.119 e. The summed E-state index contributed by atoms with van der Waals surface area (Å²) in [4.78, 5) is 0. The van der Waals surface area contributed by atoms with Crippen LogP contribution in [-0.4, -0.2) is 36.1 Å². The average Bonchev–Trinajstić information content (AvgIpc) is 3.00. The van der Waals surface area contributed by atoms with Crippen LogP contribution in [0.25, 0.3) is 11.3 Å². The summed E-state index contributed by atoms with van der Waals surface area (Å²) in [7, 11) is 0. The van der Waals surface area contributed by atoms with E-state index in [0.717, 1.165) is 48.1 Å². The van der Waals surface area contributed by atoms with Crippen LogP contribution in [0.15, 0.2) is 85.2 Å². The summed E-state index contributed by atoms with van der Waals surface area (Å²) in [6.45, 7) is 40.0. The first-order valence-electron chi connectivity index (χ1n) is 17.1. The molecule has 0 fully saturated rings. The Bertz CT molecular complexity index is 1260. The van der Waals surface area contributed by atoms with Crippen LogP contribution in [0, 0.1) is 23.2 Å². The molecule has 1 aliphatic carbocycles. The average molecular weight is 633 g/mol. The van der Waals surface area contributed by atoms with E-state index in [1.54, 1.807) is 13.8 Å². The van der Waals surface area contributed by atoms with Gasteiger partial charge in [0.15, 0.2) is 0 Å². The lowest BCUT2D eigenvalue weighted by molar-refractivity contribution is -0.0867. The third-order valence-electron chi connectivity index (χ3n) is 9.85. The van der Waals surface area contributed by atoms with Crippen molar-refractivity contribution in [1.82, 2.24) is 0 Å². The first-order valence-corrected chi connectivity index (χ1v) is 17.1. The van der Waals surface area contributed by atoms with E-state index in [9.17, 15) is 5.11 Å². The summed E-state index contributed by atoms with van der Waals surface area (Å²) in [5.41, 5.74) is 5.29. The van der Waals surface area contributed by atoms with E-state index in [-0.39, 0.29) is 5.41 Å². The van der Waals surface area contributed by atoms with Crippen molar-refractivity contribution in [1.29, 1.82) is 0 Å². The van der Waals surface area contributed by atoms with E-state index >= 15 is 0 Å². The Kier molecular flexibility index (Phi) is 14.4. The first-order chi connectivity index (χ1) is 21.2. The number of hydrogen-bond acceptors (Lipinski definition) is 4. The minimum absolute atomic E-state index is 0.304. The molecule has 2 unspecified atom stereocenters. The van der Waals surface area contributed by atoms with Gasteiger partial charge >= 0.3 is 0 Å². The lowest BCUT2D eigenvalue weighted by Gasteiger charge is -2.43. The van der Waals surface area contributed by atoms with E-state index < -0.39 is 11.2 Å². The van der Waals surface area contributed by atoms with Crippen molar-refractivity contribution in [2.45, 2.75) is 113 Å². The molecule has 46 heavy (non-hydrogen) atoms. The molecule has 0 radical (unpaired) electrons. The van der Waals surface area contributed by atoms with Crippen molar-refractivity contribution in [2.75, 3.05) is 19.8 Å². The van der Waals surface area contributed by atoms with Gasteiger partial charge in [-0.3, -0.25) is 0 Å². The molecular weight excluding hydrogens is 568 g/mol. The molecule has 0 amide bonds. The summed E-state index contributed by atoms with van der Waals surface area (Å²) < 4.78 is 18.5. The fourth-order valence-electron chi connectivity index (χ4n) is 5.20. The van der Waals surface area contributed by atoms with Crippen molar-refractivity contribution in [3.8, 4) is 0 Å². The Hall–Kier alpha value is -2.82. The molecule has 1 N–H and O–H groups in total. The topological polar surface area (TPSA) is 47.9 Å². The molecule has 2 atom stereocenters. The second-order valence-corrected chi connectivity index (χ2v) is 15.4. The molecule has 256 valence electrons. The lowest BCUT2D eigenvalue weighted by Crippen LogP contribution is -2.43. The smallest absolute Gasteiger partial charge is 0.119 e. The standard InChI is InChI=1S/C42H64O4/c1-29(2)32(5)36-17-21-39(22-18-36)35(8)45-27-30(3)15-16-31(4)28-46-42(13,14)41(11,12)33(6)37-19-23-38(24-20-37)34(7)44-26-25-40(9,10)43/h17,19-21,23-24,29-31,43H,5-8,15-16,18,22,25-28H2,1-4,9-14H3. The van der Waals surface area contributed by atoms with Crippen molar-refractivity contribution >= 4 is 11.3 Å². The number of benzene rings is 1. The molecule has 0 heterocycles. The molecule has 0 saturated carbocycles. The van der Waals surface area contributed by atoms with Crippen molar-refractivity contribution in [3.05, 3.63) is 96.3 Å². The van der Waals surface area contributed by atoms with Gasteiger partial charge in [-0.1, -0.05) is 104 Å². The third-order valence-corrected chi connectivity index (χ3v) is 9.85. The molecule has 4 heteroatoms. The first kappa shape index (κ1) is 39.4. The largest absolute Gasteiger partial charge is 0.494 e. The summed E-state index contributed by atoms with van der Waals surface area (Å²) in [6.07, 6.45) is 8.99. The maximum absolute atomic E-state index is 9.92. The van der Waals surface area contributed by atoms with E-state index in [2.05, 4.69) is 106 Å².